The van der Waals surface area contributed by atoms with Crippen molar-refractivity contribution >= 4 is 42.3 Å². The summed E-state index contributed by atoms with van der Waals surface area (Å²) in [5, 5.41) is 0. The maximum absolute atomic E-state index is 10.4. The molecular formula is H6LiO10P3. The number of hydrogen-bond donors (Lipinski definition) is 5. The summed E-state index contributed by atoms with van der Waals surface area (Å²) in [6.45, 7) is 0. The van der Waals surface area contributed by atoms with Crippen LogP contribution in [0, 0.1) is 0 Å². The fourth-order valence-corrected chi connectivity index (χ4v) is 2.82. The molecule has 0 fully saturated rings. The van der Waals surface area contributed by atoms with Gasteiger partial charge in [-0.2, -0.15) is 8.62 Å². The molecule has 0 atom stereocenters. The standard InChI is InChI=1S/Li.H5O10P3.H/c;1-11(2,3)9-13(7,8)10-12(4,5)6;/h;(H,7,8)(H2,1,2,3)(H2,4,5,6);. The predicted octanol–water partition coefficient (Wildman–Crippen LogP) is -1.34. The zero-order valence-electron chi connectivity index (χ0n) is 5.62. The van der Waals surface area contributed by atoms with Crippen molar-refractivity contribution in [3.63, 3.8) is 0 Å². The van der Waals surface area contributed by atoms with E-state index in [4.69, 9.17) is 24.5 Å². The zero-order valence-corrected chi connectivity index (χ0v) is 8.30. The van der Waals surface area contributed by atoms with Crippen LogP contribution < -0.4 is 0 Å². The van der Waals surface area contributed by atoms with Gasteiger partial charge in [0.2, 0.25) is 0 Å². The first-order valence-corrected chi connectivity index (χ1v) is 6.83. The summed E-state index contributed by atoms with van der Waals surface area (Å²) >= 11 is 0. The summed E-state index contributed by atoms with van der Waals surface area (Å²) in [7, 11) is -16.2. The molecule has 0 unspecified atom stereocenters. The second-order valence-corrected chi connectivity index (χ2v) is 5.82. The molecule has 0 spiro atoms. The molecule has 0 aliphatic carbocycles. The summed E-state index contributed by atoms with van der Waals surface area (Å²) in [4.78, 5) is 40.2. The quantitative estimate of drug-likeness (QED) is 0.302. The Morgan fingerprint density at radius 3 is 1.07 bits per heavy atom. The van der Waals surface area contributed by atoms with E-state index in [0.717, 1.165) is 0 Å². The summed E-state index contributed by atoms with van der Waals surface area (Å²) in [5.41, 5.74) is 0. The van der Waals surface area contributed by atoms with Crippen molar-refractivity contribution in [1.29, 1.82) is 0 Å². The minimum absolute atomic E-state index is 0. The third-order valence-electron chi connectivity index (χ3n) is 0.419. The van der Waals surface area contributed by atoms with E-state index in [2.05, 4.69) is 8.62 Å². The van der Waals surface area contributed by atoms with Crippen LogP contribution >= 0.6 is 23.5 Å². The van der Waals surface area contributed by atoms with E-state index in [-0.39, 0.29) is 18.9 Å². The van der Waals surface area contributed by atoms with Crippen LogP contribution in [-0.2, 0) is 22.3 Å². The summed E-state index contributed by atoms with van der Waals surface area (Å²) in [5.74, 6) is 0. The second-order valence-electron chi connectivity index (χ2n) is 1.61. The van der Waals surface area contributed by atoms with Gasteiger partial charge in [0.25, 0.3) is 0 Å². The average Bonchev–Trinajstić information content (AvgIpc) is 1.43. The Morgan fingerprint density at radius 2 is 0.929 bits per heavy atom. The molecule has 0 rings (SSSR count). The molecule has 0 aromatic heterocycles. The Bertz CT molecular complexity index is 277. The molecular weight excluding hydrogens is 260 g/mol. The Balaban J connectivity index is 0. The molecule has 0 radical (unpaired) electrons. The topological polar surface area (TPSA) is 171 Å². The van der Waals surface area contributed by atoms with Gasteiger partial charge in [0.05, 0.1) is 0 Å². The van der Waals surface area contributed by atoms with Gasteiger partial charge in [0.1, 0.15) is 0 Å². The normalized spacial score (nSPS) is 13.5. The predicted molar refractivity (Wildman–Crippen MR) is 43.2 cm³/mol. The van der Waals surface area contributed by atoms with Crippen LogP contribution in [0.15, 0.2) is 0 Å². The third-order valence-corrected chi connectivity index (χ3v) is 3.77. The van der Waals surface area contributed by atoms with Crippen LogP contribution in [0.25, 0.3) is 0 Å². The summed E-state index contributed by atoms with van der Waals surface area (Å²) in [6, 6.07) is 0. The van der Waals surface area contributed by atoms with E-state index < -0.39 is 23.5 Å². The Hall–Kier alpha value is 1.01. The van der Waals surface area contributed by atoms with Gasteiger partial charge in [0.15, 0.2) is 0 Å². The SMILES string of the molecule is O=P(O)(O)OP(=O)(O)OP(=O)(O)O.[LiH]. The van der Waals surface area contributed by atoms with Crippen LogP contribution in [0.1, 0.15) is 0 Å². The molecule has 0 aromatic rings. The molecule has 0 aliphatic heterocycles. The van der Waals surface area contributed by atoms with Crippen molar-refractivity contribution in [2.45, 2.75) is 0 Å². The van der Waals surface area contributed by atoms with Gasteiger partial charge in [-0.15, -0.1) is 0 Å². The second kappa shape index (κ2) is 5.37. The van der Waals surface area contributed by atoms with Gasteiger partial charge >= 0.3 is 42.3 Å². The van der Waals surface area contributed by atoms with Crippen LogP contribution in [0.3, 0.4) is 0 Å². The first-order valence-electron chi connectivity index (χ1n) is 2.28. The molecule has 14 heteroatoms. The number of rotatable bonds is 4. The average molecular weight is 266 g/mol. The first-order chi connectivity index (χ1) is 5.41. The van der Waals surface area contributed by atoms with Gasteiger partial charge < -0.3 is 24.5 Å². The molecule has 0 saturated heterocycles. The third kappa shape index (κ3) is 11.1. The van der Waals surface area contributed by atoms with E-state index >= 15 is 0 Å². The molecule has 0 aliphatic rings. The van der Waals surface area contributed by atoms with E-state index in [0.29, 0.717) is 0 Å². The number of phosphoric acid groups is 3. The molecule has 0 aromatic carbocycles. The van der Waals surface area contributed by atoms with Gasteiger partial charge in [-0.25, -0.2) is 13.7 Å². The number of hydrogen-bond acceptors (Lipinski definition) is 5. The van der Waals surface area contributed by atoms with Crippen molar-refractivity contribution in [1.82, 2.24) is 0 Å². The molecule has 82 valence electrons. The van der Waals surface area contributed by atoms with E-state index in [9.17, 15) is 13.7 Å². The van der Waals surface area contributed by atoms with Crippen LogP contribution in [0.5, 0.6) is 0 Å². The summed E-state index contributed by atoms with van der Waals surface area (Å²) in [6.07, 6.45) is 0. The molecule has 0 bridgehead atoms. The van der Waals surface area contributed by atoms with E-state index in [1.807, 2.05) is 0 Å². The van der Waals surface area contributed by atoms with Crippen molar-refractivity contribution in [3.05, 3.63) is 0 Å². The summed E-state index contributed by atoms with van der Waals surface area (Å²) < 4.78 is 36.4. The molecule has 0 amide bonds. The van der Waals surface area contributed by atoms with Crippen LogP contribution in [-0.4, -0.2) is 43.3 Å². The molecule has 0 saturated carbocycles. The molecule has 0 heterocycles. The van der Waals surface area contributed by atoms with Gasteiger partial charge in [-0.3, -0.25) is 0 Å². The minimum atomic E-state index is -5.46. The monoisotopic (exact) mass is 266 g/mol. The zero-order chi connectivity index (χ0) is 10.9. The van der Waals surface area contributed by atoms with Gasteiger partial charge in [-0.05, 0) is 0 Å². The fraction of sp³-hybridized carbons (Fsp3) is 0. The van der Waals surface area contributed by atoms with Crippen LogP contribution in [0.4, 0.5) is 0 Å². The van der Waals surface area contributed by atoms with Crippen molar-refractivity contribution in [2.75, 3.05) is 0 Å². The fourth-order valence-electron chi connectivity index (χ4n) is 0.284. The Morgan fingerprint density at radius 1 is 0.714 bits per heavy atom. The molecule has 10 nitrogen and oxygen atoms in total. The van der Waals surface area contributed by atoms with Crippen molar-refractivity contribution < 1.29 is 46.8 Å². The molecule has 5 N–H and O–H groups in total. The van der Waals surface area contributed by atoms with Crippen molar-refractivity contribution in [2.24, 2.45) is 0 Å². The maximum atomic E-state index is 10.4. The van der Waals surface area contributed by atoms with E-state index in [1.54, 1.807) is 0 Å². The van der Waals surface area contributed by atoms with E-state index in [1.165, 1.54) is 0 Å². The molecule has 14 heavy (non-hydrogen) atoms. The van der Waals surface area contributed by atoms with Gasteiger partial charge in [-0.1, -0.05) is 0 Å². The van der Waals surface area contributed by atoms with Crippen molar-refractivity contribution in [3.8, 4) is 0 Å². The first kappa shape index (κ1) is 17.4. The van der Waals surface area contributed by atoms with Gasteiger partial charge in [0, 0.05) is 0 Å². The Labute approximate surface area is 89.5 Å². The van der Waals surface area contributed by atoms with Crippen LogP contribution in [0.2, 0.25) is 0 Å². The Kier molecular flexibility index (Phi) is 6.68.